The van der Waals surface area contributed by atoms with Gasteiger partial charge in [0.25, 0.3) is 0 Å². The number of carbonyl (C=O) groups excluding carboxylic acids is 1. The molecule has 1 aromatic carbocycles. The van der Waals surface area contributed by atoms with Crippen LogP contribution in [0.25, 0.3) is 0 Å². The molecule has 7 nitrogen and oxygen atoms in total. The summed E-state index contributed by atoms with van der Waals surface area (Å²) in [6.07, 6.45) is 7.17. The Labute approximate surface area is 258 Å². The standard InChI is InChI=1S/C22H28NO6.3C4H9.Sn/c1-19(2)25-13-16-17(27-19)21(5)22(26-16,29-20(3,4)28-21)18(24)23-11-10-14-8-6-7-9-15(14)12-23;3*1-3-4-2;/h6-9,12,16-17H,10-11,13H2,1-5H3;3*1,3-4H2,2H3;/t16-,17+,21-,22-;;;;/m0..../s1. The molecule has 0 spiro atoms. The van der Waals surface area contributed by atoms with Crippen LogP contribution in [0.3, 0.4) is 0 Å². The van der Waals surface area contributed by atoms with Gasteiger partial charge in [0.15, 0.2) is 0 Å². The fourth-order valence-corrected chi connectivity index (χ4v) is 27.1. The van der Waals surface area contributed by atoms with E-state index in [9.17, 15) is 0 Å². The maximum absolute atomic E-state index is 15.4. The van der Waals surface area contributed by atoms with Gasteiger partial charge < -0.3 is 0 Å². The molecule has 0 aliphatic carbocycles. The molecule has 5 rings (SSSR count). The summed E-state index contributed by atoms with van der Waals surface area (Å²) in [7, 11) is 0. The van der Waals surface area contributed by atoms with Crippen LogP contribution in [0.15, 0.2) is 24.3 Å². The number of fused-ring (bicyclic) bond motifs is 4. The molecule has 4 heterocycles. The van der Waals surface area contributed by atoms with Crippen LogP contribution in [0, 0.1) is 0 Å². The fourth-order valence-electron chi connectivity index (χ4n) is 8.31. The van der Waals surface area contributed by atoms with Gasteiger partial charge in [-0.05, 0) is 0 Å². The first-order valence-corrected chi connectivity index (χ1v) is 24.4. The number of rotatable bonds is 11. The molecule has 236 valence electrons. The molecule has 0 radical (unpaired) electrons. The second kappa shape index (κ2) is 12.2. The molecule has 5 atom stereocenters. The van der Waals surface area contributed by atoms with Crippen molar-refractivity contribution < 1.29 is 28.5 Å². The van der Waals surface area contributed by atoms with E-state index in [1.807, 2.05) is 34.6 Å². The van der Waals surface area contributed by atoms with E-state index in [1.165, 1.54) is 63.0 Å². The van der Waals surface area contributed by atoms with Crippen molar-refractivity contribution in [3.05, 3.63) is 35.4 Å². The zero-order valence-corrected chi connectivity index (χ0v) is 30.3. The van der Waals surface area contributed by atoms with Crippen molar-refractivity contribution in [1.29, 1.82) is 0 Å². The van der Waals surface area contributed by atoms with Gasteiger partial charge in [-0.2, -0.15) is 0 Å². The van der Waals surface area contributed by atoms with Gasteiger partial charge in [0.1, 0.15) is 0 Å². The Kier molecular flexibility index (Phi) is 9.52. The van der Waals surface area contributed by atoms with Crippen molar-refractivity contribution in [2.75, 3.05) is 13.2 Å². The number of benzene rings is 1. The van der Waals surface area contributed by atoms with Gasteiger partial charge in [-0.1, -0.05) is 0 Å². The molecule has 0 bridgehead atoms. The Morgan fingerprint density at radius 2 is 1.50 bits per heavy atom. The quantitative estimate of drug-likeness (QED) is 0.227. The van der Waals surface area contributed by atoms with Gasteiger partial charge >= 0.3 is 259 Å². The van der Waals surface area contributed by atoms with Gasteiger partial charge in [-0.3, -0.25) is 0 Å². The monoisotopic (exact) mass is 693 g/mol. The number of ether oxygens (including phenoxy) is 5. The van der Waals surface area contributed by atoms with E-state index in [1.54, 1.807) is 0 Å². The predicted molar refractivity (Wildman–Crippen MR) is 167 cm³/mol. The molecular formula is C34H55NO6Sn. The summed E-state index contributed by atoms with van der Waals surface area (Å²) in [4.78, 5) is 17.7. The Hall–Kier alpha value is -0.711. The number of unbranched alkanes of at least 4 members (excludes halogenated alkanes) is 3. The molecule has 42 heavy (non-hydrogen) atoms. The van der Waals surface area contributed by atoms with E-state index in [0.717, 1.165) is 6.42 Å². The summed E-state index contributed by atoms with van der Waals surface area (Å²) >= 11 is -3.09. The minimum atomic E-state index is -3.09. The number of amides is 1. The Balaban J connectivity index is 1.63. The SMILES string of the molecule is CCC[CH2][Sn]([CH2]CCC)([CH2]CCC)[C@H]1c2ccccc2CCN1C(=O)[C@@]12O[C@H]3COC(C)(C)O[C@H]3[C@]1(C)OC(C)(C)O2. The molecule has 4 aliphatic heterocycles. The number of nitrogens with zero attached hydrogens (tertiary/aromatic N) is 1. The van der Waals surface area contributed by atoms with Gasteiger partial charge in [0.2, 0.25) is 0 Å². The third-order valence-electron chi connectivity index (χ3n) is 10.2. The van der Waals surface area contributed by atoms with Crippen LogP contribution in [0.4, 0.5) is 0 Å². The maximum atomic E-state index is 15.4. The van der Waals surface area contributed by atoms with Crippen molar-refractivity contribution in [3.63, 3.8) is 0 Å². The van der Waals surface area contributed by atoms with Gasteiger partial charge in [0, 0.05) is 0 Å². The van der Waals surface area contributed by atoms with E-state index >= 15 is 4.79 Å². The van der Waals surface area contributed by atoms with Gasteiger partial charge in [-0.25, -0.2) is 0 Å². The molecule has 4 aliphatic rings. The van der Waals surface area contributed by atoms with Crippen LogP contribution in [0.1, 0.15) is 109 Å². The van der Waals surface area contributed by atoms with Crippen LogP contribution in [0.5, 0.6) is 0 Å². The van der Waals surface area contributed by atoms with Crippen LogP contribution < -0.4 is 0 Å². The Morgan fingerprint density at radius 1 is 0.881 bits per heavy atom. The van der Waals surface area contributed by atoms with E-state index < -0.39 is 53.5 Å². The molecule has 1 amide bonds. The number of hydrogen-bond acceptors (Lipinski definition) is 6. The van der Waals surface area contributed by atoms with Crippen LogP contribution >= 0.6 is 0 Å². The summed E-state index contributed by atoms with van der Waals surface area (Å²) in [6, 6.07) is 8.93. The molecule has 0 unspecified atom stereocenters. The first-order chi connectivity index (χ1) is 19.9. The van der Waals surface area contributed by atoms with E-state index in [0.29, 0.717) is 13.2 Å². The van der Waals surface area contributed by atoms with Gasteiger partial charge in [0.05, 0.1) is 0 Å². The number of carbonyl (C=O) groups is 1. The Morgan fingerprint density at radius 3 is 2.12 bits per heavy atom. The zero-order valence-electron chi connectivity index (χ0n) is 27.4. The first-order valence-electron chi connectivity index (χ1n) is 16.7. The molecule has 0 aromatic heterocycles. The predicted octanol–water partition coefficient (Wildman–Crippen LogP) is 7.29. The van der Waals surface area contributed by atoms with Gasteiger partial charge in [-0.15, -0.1) is 0 Å². The van der Waals surface area contributed by atoms with Crippen molar-refractivity contribution in [3.8, 4) is 0 Å². The van der Waals surface area contributed by atoms with Crippen molar-refractivity contribution in [2.24, 2.45) is 0 Å². The third kappa shape index (κ3) is 5.61. The van der Waals surface area contributed by atoms with E-state index in [-0.39, 0.29) is 9.96 Å². The summed E-state index contributed by atoms with van der Waals surface area (Å²) in [5.41, 5.74) is 1.67. The normalized spacial score (nSPS) is 33.2. The van der Waals surface area contributed by atoms with Crippen molar-refractivity contribution >= 4 is 24.3 Å². The van der Waals surface area contributed by atoms with Crippen molar-refractivity contribution in [1.82, 2.24) is 4.90 Å². The summed E-state index contributed by atoms with van der Waals surface area (Å²) in [5.74, 6) is -3.49. The summed E-state index contributed by atoms with van der Waals surface area (Å²) < 4.78 is 36.6. The molecule has 3 fully saturated rings. The van der Waals surface area contributed by atoms with Crippen molar-refractivity contribution in [2.45, 2.75) is 153 Å². The third-order valence-corrected chi connectivity index (χ3v) is 26.8. The van der Waals surface area contributed by atoms with Crippen LogP contribution in [0.2, 0.25) is 13.3 Å². The summed E-state index contributed by atoms with van der Waals surface area (Å²) in [5, 5.41) is 0. The Bertz CT molecular complexity index is 1100. The molecule has 3 saturated heterocycles. The zero-order chi connectivity index (χ0) is 30.4. The van der Waals surface area contributed by atoms with Crippen LogP contribution in [-0.2, 0) is 34.9 Å². The molecule has 8 heteroatoms. The van der Waals surface area contributed by atoms with E-state index in [4.69, 9.17) is 23.7 Å². The molecule has 0 saturated carbocycles. The second-order valence-corrected chi connectivity index (χ2v) is 27.9. The second-order valence-electron chi connectivity index (χ2n) is 14.3. The first kappa shape index (κ1) is 32.7. The summed E-state index contributed by atoms with van der Waals surface area (Å²) in [6.45, 7) is 17.5. The topological polar surface area (TPSA) is 66.5 Å². The average Bonchev–Trinajstić information content (AvgIpc) is 3.31. The molecular weight excluding hydrogens is 637 g/mol. The fraction of sp³-hybridized carbons (Fsp3) is 0.794. The number of hydrogen-bond donors (Lipinski definition) is 0. The van der Waals surface area contributed by atoms with E-state index in [2.05, 4.69) is 49.9 Å². The molecule has 0 N–H and O–H groups in total. The molecule has 1 aromatic rings. The minimum absolute atomic E-state index is 0.0866. The van der Waals surface area contributed by atoms with Crippen LogP contribution in [-0.4, -0.2) is 77.5 Å². The average molecular weight is 693 g/mol.